The molecule has 6 heteroatoms. The predicted molar refractivity (Wildman–Crippen MR) is 70.3 cm³/mol. The molecular formula is C12H17BrFNO3. The molecule has 2 N–H and O–H groups in total. The minimum Gasteiger partial charge on any atom is -0.491 e. The molecule has 1 atom stereocenters. The van der Waals surface area contributed by atoms with Gasteiger partial charge in [0.2, 0.25) is 0 Å². The van der Waals surface area contributed by atoms with E-state index in [9.17, 15) is 9.50 Å². The number of nitrogens with one attached hydrogen (secondary N) is 1. The topological polar surface area (TPSA) is 50.7 Å². The Kier molecular flexibility index (Phi) is 7.19. The summed E-state index contributed by atoms with van der Waals surface area (Å²) in [4.78, 5) is 0. The van der Waals surface area contributed by atoms with Gasteiger partial charge in [0.25, 0.3) is 0 Å². The van der Waals surface area contributed by atoms with Gasteiger partial charge in [0.1, 0.15) is 24.3 Å². The van der Waals surface area contributed by atoms with E-state index < -0.39 is 6.10 Å². The largest absolute Gasteiger partial charge is 0.491 e. The van der Waals surface area contributed by atoms with Crippen molar-refractivity contribution in [3.8, 4) is 5.75 Å². The minimum atomic E-state index is -0.645. The Morgan fingerprint density at radius 1 is 1.50 bits per heavy atom. The molecule has 0 amide bonds. The summed E-state index contributed by atoms with van der Waals surface area (Å²) in [5, 5.41) is 12.6. The molecule has 18 heavy (non-hydrogen) atoms. The van der Waals surface area contributed by atoms with E-state index >= 15 is 0 Å². The van der Waals surface area contributed by atoms with Gasteiger partial charge in [-0.3, -0.25) is 0 Å². The van der Waals surface area contributed by atoms with E-state index in [1.807, 2.05) is 0 Å². The number of hydrogen-bond donors (Lipinski definition) is 2. The molecule has 0 spiro atoms. The molecule has 0 radical (unpaired) electrons. The molecular weight excluding hydrogens is 305 g/mol. The van der Waals surface area contributed by atoms with Gasteiger partial charge in [-0.25, -0.2) is 4.39 Å². The highest BCUT2D eigenvalue weighted by molar-refractivity contribution is 9.10. The zero-order valence-electron chi connectivity index (χ0n) is 10.2. The van der Waals surface area contributed by atoms with Crippen LogP contribution in [0.15, 0.2) is 22.7 Å². The lowest BCUT2D eigenvalue weighted by Gasteiger charge is -2.13. The second kappa shape index (κ2) is 8.42. The third kappa shape index (κ3) is 5.77. The smallest absolute Gasteiger partial charge is 0.141 e. The van der Waals surface area contributed by atoms with Crippen LogP contribution in [0.1, 0.15) is 0 Å². The molecule has 0 aliphatic carbocycles. The van der Waals surface area contributed by atoms with E-state index in [0.717, 1.165) is 0 Å². The molecule has 0 fully saturated rings. The molecule has 1 rings (SSSR count). The van der Waals surface area contributed by atoms with E-state index in [-0.39, 0.29) is 12.4 Å². The number of ether oxygens (including phenoxy) is 2. The average Bonchev–Trinajstić information content (AvgIpc) is 2.36. The van der Waals surface area contributed by atoms with Crippen LogP contribution in [0.5, 0.6) is 5.75 Å². The number of halogens is 2. The van der Waals surface area contributed by atoms with Crippen molar-refractivity contribution in [2.45, 2.75) is 6.10 Å². The highest BCUT2D eigenvalue weighted by atomic mass is 79.9. The number of aliphatic hydroxyl groups is 1. The van der Waals surface area contributed by atoms with Gasteiger partial charge in [-0.05, 0) is 28.1 Å². The van der Waals surface area contributed by atoms with Crippen molar-refractivity contribution in [2.24, 2.45) is 0 Å². The van der Waals surface area contributed by atoms with Crippen LogP contribution in [0.4, 0.5) is 4.39 Å². The first-order valence-electron chi connectivity index (χ1n) is 5.59. The first kappa shape index (κ1) is 15.4. The number of rotatable bonds is 8. The third-order valence-corrected chi connectivity index (χ3v) is 2.84. The highest BCUT2D eigenvalue weighted by Crippen LogP contribution is 2.20. The molecule has 102 valence electrons. The molecule has 0 aliphatic heterocycles. The summed E-state index contributed by atoms with van der Waals surface area (Å²) < 4.78 is 23.7. The first-order valence-corrected chi connectivity index (χ1v) is 6.38. The Morgan fingerprint density at radius 2 is 2.28 bits per heavy atom. The predicted octanol–water partition coefficient (Wildman–Crippen LogP) is 1.56. The van der Waals surface area contributed by atoms with Gasteiger partial charge in [0.05, 0.1) is 11.1 Å². The normalized spacial score (nSPS) is 12.4. The molecule has 0 aromatic heterocycles. The van der Waals surface area contributed by atoms with Gasteiger partial charge in [0, 0.05) is 26.3 Å². The lowest BCUT2D eigenvalue weighted by molar-refractivity contribution is 0.103. The van der Waals surface area contributed by atoms with Crippen LogP contribution in [0.3, 0.4) is 0 Å². The van der Waals surface area contributed by atoms with Crippen molar-refractivity contribution in [1.29, 1.82) is 0 Å². The fourth-order valence-electron chi connectivity index (χ4n) is 1.26. The Labute approximate surface area is 114 Å². The van der Waals surface area contributed by atoms with E-state index in [1.165, 1.54) is 6.07 Å². The maximum absolute atomic E-state index is 13.2. The lowest BCUT2D eigenvalue weighted by Crippen LogP contribution is -2.33. The Hall–Kier alpha value is -0.690. The number of methoxy groups -OCH3 is 1. The van der Waals surface area contributed by atoms with Crippen molar-refractivity contribution in [2.75, 3.05) is 33.4 Å². The second-order valence-electron chi connectivity index (χ2n) is 3.74. The zero-order valence-corrected chi connectivity index (χ0v) is 11.7. The van der Waals surface area contributed by atoms with Crippen LogP contribution in [-0.4, -0.2) is 44.6 Å². The molecule has 0 saturated heterocycles. The summed E-state index contributed by atoms with van der Waals surface area (Å²) in [6.07, 6.45) is -0.645. The summed E-state index contributed by atoms with van der Waals surface area (Å²) in [6, 6.07) is 4.47. The van der Waals surface area contributed by atoms with Gasteiger partial charge < -0.3 is 19.9 Å². The standard InChI is InChI=1S/C12H17BrFNO3/c1-17-5-4-15-7-9(16)8-18-10-2-3-11(13)12(14)6-10/h2-3,6,9,15-16H,4-5,7-8H2,1H3. The molecule has 1 aromatic rings. The summed E-state index contributed by atoms with van der Waals surface area (Å²) in [5.74, 6) is 0.00634. The van der Waals surface area contributed by atoms with Crippen molar-refractivity contribution in [3.05, 3.63) is 28.5 Å². The van der Waals surface area contributed by atoms with Gasteiger partial charge in [-0.2, -0.15) is 0 Å². The SMILES string of the molecule is COCCNCC(O)COc1ccc(Br)c(F)c1. The van der Waals surface area contributed by atoms with E-state index in [0.29, 0.717) is 29.9 Å². The number of aliphatic hydroxyl groups excluding tert-OH is 1. The lowest BCUT2D eigenvalue weighted by atomic mass is 10.3. The molecule has 1 unspecified atom stereocenters. The van der Waals surface area contributed by atoms with Crippen LogP contribution in [-0.2, 0) is 4.74 Å². The summed E-state index contributed by atoms with van der Waals surface area (Å²) >= 11 is 3.06. The maximum atomic E-state index is 13.2. The fraction of sp³-hybridized carbons (Fsp3) is 0.500. The van der Waals surface area contributed by atoms with Crippen molar-refractivity contribution in [1.82, 2.24) is 5.32 Å². The summed E-state index contributed by atoms with van der Waals surface area (Å²) in [5.41, 5.74) is 0. The number of benzene rings is 1. The Bertz CT molecular complexity index is 365. The van der Waals surface area contributed by atoms with Crippen LogP contribution < -0.4 is 10.1 Å². The van der Waals surface area contributed by atoms with E-state index in [4.69, 9.17) is 9.47 Å². The molecule has 0 heterocycles. The maximum Gasteiger partial charge on any atom is 0.141 e. The van der Waals surface area contributed by atoms with Gasteiger partial charge in [-0.15, -0.1) is 0 Å². The Morgan fingerprint density at radius 3 is 2.94 bits per heavy atom. The van der Waals surface area contributed by atoms with Gasteiger partial charge >= 0.3 is 0 Å². The van der Waals surface area contributed by atoms with E-state index in [2.05, 4.69) is 21.2 Å². The van der Waals surface area contributed by atoms with Crippen molar-refractivity contribution >= 4 is 15.9 Å². The molecule has 1 aromatic carbocycles. The van der Waals surface area contributed by atoms with Crippen LogP contribution in [0.2, 0.25) is 0 Å². The van der Waals surface area contributed by atoms with Crippen molar-refractivity contribution in [3.63, 3.8) is 0 Å². The van der Waals surface area contributed by atoms with Crippen LogP contribution >= 0.6 is 15.9 Å². The molecule has 0 aliphatic rings. The second-order valence-corrected chi connectivity index (χ2v) is 4.59. The van der Waals surface area contributed by atoms with Crippen molar-refractivity contribution < 1.29 is 19.0 Å². The van der Waals surface area contributed by atoms with Gasteiger partial charge in [0.15, 0.2) is 0 Å². The summed E-state index contributed by atoms with van der Waals surface area (Å²) in [6.45, 7) is 1.77. The molecule has 0 bridgehead atoms. The third-order valence-electron chi connectivity index (χ3n) is 2.20. The van der Waals surface area contributed by atoms with Crippen LogP contribution in [0, 0.1) is 5.82 Å². The van der Waals surface area contributed by atoms with Gasteiger partial charge in [-0.1, -0.05) is 0 Å². The highest BCUT2D eigenvalue weighted by Gasteiger charge is 2.06. The quantitative estimate of drug-likeness (QED) is 0.714. The zero-order chi connectivity index (χ0) is 13.4. The monoisotopic (exact) mass is 321 g/mol. The molecule has 4 nitrogen and oxygen atoms in total. The Balaban J connectivity index is 2.24. The van der Waals surface area contributed by atoms with Crippen LogP contribution in [0.25, 0.3) is 0 Å². The molecule has 0 saturated carbocycles. The number of hydrogen-bond acceptors (Lipinski definition) is 4. The van der Waals surface area contributed by atoms with E-state index in [1.54, 1.807) is 19.2 Å². The fourth-order valence-corrected chi connectivity index (χ4v) is 1.51. The minimum absolute atomic E-state index is 0.112. The first-order chi connectivity index (χ1) is 8.63. The average molecular weight is 322 g/mol. The summed E-state index contributed by atoms with van der Waals surface area (Å²) in [7, 11) is 1.61.